The standard InChI is InChI=1S/C19H41N/c1-8-9-10-11-12-13-14-18(5,6)19(7,20)16-15-17(2,3)4/h8-16,20H2,1-7H3. The van der Waals surface area contributed by atoms with Crippen LogP contribution in [0.5, 0.6) is 0 Å². The summed E-state index contributed by atoms with van der Waals surface area (Å²) in [6.07, 6.45) is 11.8. The Morgan fingerprint density at radius 2 is 1.15 bits per heavy atom. The number of unbranched alkanes of at least 4 members (excludes halogenated alkanes) is 5. The number of hydrogen-bond acceptors (Lipinski definition) is 1. The van der Waals surface area contributed by atoms with Crippen LogP contribution in [0.1, 0.15) is 106 Å². The van der Waals surface area contributed by atoms with Crippen molar-refractivity contribution >= 4 is 0 Å². The molecule has 2 N–H and O–H groups in total. The van der Waals surface area contributed by atoms with Gasteiger partial charge in [0, 0.05) is 5.54 Å². The molecule has 0 aromatic rings. The summed E-state index contributed by atoms with van der Waals surface area (Å²) >= 11 is 0. The molecule has 0 aromatic heterocycles. The molecule has 0 aromatic carbocycles. The van der Waals surface area contributed by atoms with Crippen molar-refractivity contribution in [3.63, 3.8) is 0 Å². The van der Waals surface area contributed by atoms with Gasteiger partial charge in [0.05, 0.1) is 0 Å². The zero-order valence-corrected chi connectivity index (χ0v) is 15.4. The van der Waals surface area contributed by atoms with Crippen LogP contribution in [-0.2, 0) is 0 Å². The third-order valence-electron chi connectivity index (χ3n) is 5.10. The lowest BCUT2D eigenvalue weighted by atomic mass is 9.67. The first-order valence-corrected chi connectivity index (χ1v) is 8.81. The summed E-state index contributed by atoms with van der Waals surface area (Å²) in [6.45, 7) is 16.2. The predicted molar refractivity (Wildman–Crippen MR) is 93.1 cm³/mol. The molecule has 0 spiro atoms. The number of hydrogen-bond donors (Lipinski definition) is 1. The Balaban J connectivity index is 4.11. The van der Waals surface area contributed by atoms with Crippen molar-refractivity contribution in [3.05, 3.63) is 0 Å². The minimum absolute atomic E-state index is 0.0519. The maximum absolute atomic E-state index is 6.66. The minimum atomic E-state index is -0.0519. The Hall–Kier alpha value is -0.0400. The Kier molecular flexibility index (Phi) is 8.40. The average Bonchev–Trinajstić information content (AvgIpc) is 2.30. The topological polar surface area (TPSA) is 26.0 Å². The molecule has 0 rings (SSSR count). The second kappa shape index (κ2) is 8.41. The molecule has 1 unspecified atom stereocenters. The molecule has 0 amide bonds. The van der Waals surface area contributed by atoms with Gasteiger partial charge in [-0.3, -0.25) is 0 Å². The van der Waals surface area contributed by atoms with Crippen molar-refractivity contribution in [3.8, 4) is 0 Å². The van der Waals surface area contributed by atoms with Gasteiger partial charge in [0.1, 0.15) is 0 Å². The molecule has 0 aliphatic heterocycles. The summed E-state index contributed by atoms with van der Waals surface area (Å²) in [6, 6.07) is 0. The van der Waals surface area contributed by atoms with Gasteiger partial charge >= 0.3 is 0 Å². The van der Waals surface area contributed by atoms with E-state index in [1.807, 2.05) is 0 Å². The maximum atomic E-state index is 6.66. The normalized spacial score (nSPS) is 16.2. The van der Waals surface area contributed by atoms with E-state index < -0.39 is 0 Å². The summed E-state index contributed by atoms with van der Waals surface area (Å²) in [4.78, 5) is 0. The zero-order valence-electron chi connectivity index (χ0n) is 15.4. The SMILES string of the molecule is CCCCCCCCC(C)(C)C(C)(N)CCC(C)(C)C. The monoisotopic (exact) mass is 283 g/mol. The van der Waals surface area contributed by atoms with E-state index >= 15 is 0 Å². The molecule has 0 fully saturated rings. The van der Waals surface area contributed by atoms with Crippen LogP contribution in [0.15, 0.2) is 0 Å². The Labute approximate surface area is 129 Å². The first-order valence-electron chi connectivity index (χ1n) is 8.81. The number of nitrogens with two attached hydrogens (primary N) is 1. The van der Waals surface area contributed by atoms with E-state index in [-0.39, 0.29) is 11.0 Å². The van der Waals surface area contributed by atoms with E-state index in [2.05, 4.69) is 48.5 Å². The molecule has 0 aliphatic carbocycles. The quantitative estimate of drug-likeness (QED) is 0.467. The third-order valence-corrected chi connectivity index (χ3v) is 5.10. The van der Waals surface area contributed by atoms with Gasteiger partial charge in [-0.2, -0.15) is 0 Å². The van der Waals surface area contributed by atoms with Crippen LogP contribution in [0.3, 0.4) is 0 Å². The van der Waals surface area contributed by atoms with Crippen molar-refractivity contribution in [1.29, 1.82) is 0 Å². The largest absolute Gasteiger partial charge is 0.325 e. The van der Waals surface area contributed by atoms with E-state index in [0.717, 1.165) is 6.42 Å². The average molecular weight is 284 g/mol. The Bertz CT molecular complexity index is 245. The lowest BCUT2D eigenvalue weighted by molar-refractivity contribution is 0.134. The lowest BCUT2D eigenvalue weighted by Crippen LogP contribution is -2.50. The fourth-order valence-corrected chi connectivity index (χ4v) is 2.61. The molecule has 0 saturated carbocycles. The van der Waals surface area contributed by atoms with Crippen molar-refractivity contribution in [2.24, 2.45) is 16.6 Å². The highest BCUT2D eigenvalue weighted by molar-refractivity contribution is 4.94. The van der Waals surface area contributed by atoms with Gasteiger partial charge in [0.2, 0.25) is 0 Å². The second-order valence-electron chi connectivity index (χ2n) is 8.88. The molecule has 1 nitrogen and oxygen atoms in total. The Morgan fingerprint density at radius 3 is 1.65 bits per heavy atom. The zero-order chi connectivity index (χ0) is 15.9. The van der Waals surface area contributed by atoms with E-state index in [9.17, 15) is 0 Å². The summed E-state index contributed by atoms with van der Waals surface area (Å²) in [5.74, 6) is 0. The highest BCUT2D eigenvalue weighted by Gasteiger charge is 2.37. The first-order chi connectivity index (χ1) is 9.02. The summed E-state index contributed by atoms with van der Waals surface area (Å²) in [7, 11) is 0. The van der Waals surface area contributed by atoms with Gasteiger partial charge in [-0.1, -0.05) is 80.1 Å². The smallest absolute Gasteiger partial charge is 0.0177 e. The third kappa shape index (κ3) is 8.29. The van der Waals surface area contributed by atoms with Gasteiger partial charge < -0.3 is 5.73 Å². The van der Waals surface area contributed by atoms with Gasteiger partial charge in [-0.05, 0) is 37.0 Å². The van der Waals surface area contributed by atoms with Crippen LogP contribution >= 0.6 is 0 Å². The van der Waals surface area contributed by atoms with Crippen molar-refractivity contribution in [2.75, 3.05) is 0 Å². The van der Waals surface area contributed by atoms with Crippen molar-refractivity contribution in [1.82, 2.24) is 0 Å². The maximum Gasteiger partial charge on any atom is 0.0177 e. The molecular weight excluding hydrogens is 242 g/mol. The summed E-state index contributed by atoms with van der Waals surface area (Å²) < 4.78 is 0. The van der Waals surface area contributed by atoms with Crippen molar-refractivity contribution in [2.45, 2.75) is 112 Å². The molecule has 1 atom stereocenters. The molecule has 20 heavy (non-hydrogen) atoms. The molecular formula is C19H41N. The van der Waals surface area contributed by atoms with Crippen LogP contribution in [0, 0.1) is 10.8 Å². The van der Waals surface area contributed by atoms with Crippen LogP contribution in [0.25, 0.3) is 0 Å². The molecule has 0 aliphatic rings. The molecule has 0 heterocycles. The van der Waals surface area contributed by atoms with Crippen LogP contribution < -0.4 is 5.73 Å². The molecule has 0 saturated heterocycles. The molecule has 1 heteroatoms. The van der Waals surface area contributed by atoms with Crippen molar-refractivity contribution < 1.29 is 0 Å². The molecule has 122 valence electrons. The summed E-state index contributed by atoms with van der Waals surface area (Å²) in [5, 5.41) is 0. The van der Waals surface area contributed by atoms with E-state index in [1.54, 1.807) is 0 Å². The first kappa shape index (κ1) is 20.0. The van der Waals surface area contributed by atoms with Gasteiger partial charge in [0.15, 0.2) is 0 Å². The fourth-order valence-electron chi connectivity index (χ4n) is 2.61. The fraction of sp³-hybridized carbons (Fsp3) is 1.00. The second-order valence-corrected chi connectivity index (χ2v) is 8.88. The lowest BCUT2D eigenvalue weighted by Gasteiger charge is -2.43. The van der Waals surface area contributed by atoms with E-state index in [4.69, 9.17) is 5.73 Å². The summed E-state index contributed by atoms with van der Waals surface area (Å²) in [5.41, 5.74) is 7.24. The van der Waals surface area contributed by atoms with Crippen LogP contribution in [0.2, 0.25) is 0 Å². The highest BCUT2D eigenvalue weighted by Crippen LogP contribution is 2.39. The van der Waals surface area contributed by atoms with Gasteiger partial charge in [0.25, 0.3) is 0 Å². The van der Waals surface area contributed by atoms with Crippen LogP contribution in [-0.4, -0.2) is 5.54 Å². The Morgan fingerprint density at radius 1 is 0.650 bits per heavy atom. The minimum Gasteiger partial charge on any atom is -0.325 e. The van der Waals surface area contributed by atoms with E-state index in [1.165, 1.54) is 51.4 Å². The van der Waals surface area contributed by atoms with Gasteiger partial charge in [-0.15, -0.1) is 0 Å². The molecule has 0 bridgehead atoms. The van der Waals surface area contributed by atoms with Crippen LogP contribution in [0.4, 0.5) is 0 Å². The predicted octanol–water partition coefficient (Wildman–Crippen LogP) is 6.31. The van der Waals surface area contributed by atoms with Gasteiger partial charge in [-0.25, -0.2) is 0 Å². The van der Waals surface area contributed by atoms with E-state index in [0.29, 0.717) is 5.41 Å². The number of rotatable bonds is 10. The highest BCUT2D eigenvalue weighted by atomic mass is 14.8. The molecule has 0 radical (unpaired) electrons.